The second-order valence-electron chi connectivity index (χ2n) is 7.16. The molecule has 0 aliphatic carbocycles. The van der Waals surface area contributed by atoms with E-state index < -0.39 is 11.9 Å². The molecule has 7 heteroatoms. The highest BCUT2D eigenvalue weighted by Gasteiger charge is 2.33. The van der Waals surface area contributed by atoms with Crippen LogP contribution in [0, 0.1) is 17.8 Å². The van der Waals surface area contributed by atoms with Crippen LogP contribution in [-0.2, 0) is 4.79 Å². The topological polar surface area (TPSA) is 76.1 Å². The van der Waals surface area contributed by atoms with Crippen molar-refractivity contribution in [2.45, 2.75) is 27.2 Å². The molecule has 1 aromatic carbocycles. The summed E-state index contributed by atoms with van der Waals surface area (Å²) in [5.74, 6) is -0.334. The van der Waals surface area contributed by atoms with Crippen molar-refractivity contribution in [3.05, 3.63) is 22.7 Å². The average Bonchev–Trinajstić information content (AvgIpc) is 2.58. The van der Waals surface area contributed by atoms with Crippen molar-refractivity contribution in [3.63, 3.8) is 0 Å². The van der Waals surface area contributed by atoms with Gasteiger partial charge in [0, 0.05) is 18.7 Å². The molecule has 1 amide bonds. The van der Waals surface area contributed by atoms with Gasteiger partial charge in [0.1, 0.15) is 0 Å². The van der Waals surface area contributed by atoms with Crippen LogP contribution in [0.2, 0.25) is 5.02 Å². The van der Waals surface area contributed by atoms with Crippen LogP contribution in [0.25, 0.3) is 0 Å². The second-order valence-corrected chi connectivity index (χ2v) is 7.56. The molecule has 26 heavy (non-hydrogen) atoms. The van der Waals surface area contributed by atoms with Crippen molar-refractivity contribution in [1.29, 1.82) is 0 Å². The number of likely N-dealkylation sites (tertiary alicyclic amines) is 1. The Hall–Kier alpha value is -1.95. The van der Waals surface area contributed by atoms with Gasteiger partial charge in [-0.25, -0.2) is 0 Å². The lowest BCUT2D eigenvalue weighted by Gasteiger charge is -2.35. The van der Waals surface area contributed by atoms with Gasteiger partial charge in [0.2, 0.25) is 0 Å². The van der Waals surface area contributed by atoms with E-state index in [1.165, 1.54) is 7.11 Å². The van der Waals surface area contributed by atoms with Gasteiger partial charge >= 0.3 is 5.97 Å². The predicted molar refractivity (Wildman–Crippen MR) is 99.1 cm³/mol. The molecule has 1 aliphatic heterocycles. The fourth-order valence-electron chi connectivity index (χ4n) is 3.11. The molecule has 1 saturated heterocycles. The molecule has 2 rings (SSSR count). The van der Waals surface area contributed by atoms with Gasteiger partial charge in [-0.2, -0.15) is 0 Å². The predicted octanol–water partition coefficient (Wildman–Crippen LogP) is 3.57. The lowest BCUT2D eigenvalue weighted by atomic mass is 9.87. The summed E-state index contributed by atoms with van der Waals surface area (Å²) >= 11 is 6.32. The summed E-state index contributed by atoms with van der Waals surface area (Å²) in [5.41, 5.74) is 0.407. The Morgan fingerprint density at radius 3 is 2.62 bits per heavy atom. The highest BCUT2D eigenvalue weighted by Crippen LogP contribution is 2.37. The number of ether oxygens (including phenoxy) is 2. The SMILES string of the molecule is COc1cc(C(=O)N2CCC(C(=O)O)C(C)C2)cc(Cl)c1OCC(C)C. The van der Waals surface area contributed by atoms with Crippen molar-refractivity contribution in [3.8, 4) is 11.5 Å². The Labute approximate surface area is 159 Å². The highest BCUT2D eigenvalue weighted by atomic mass is 35.5. The van der Waals surface area contributed by atoms with Crippen LogP contribution in [0.1, 0.15) is 37.6 Å². The zero-order valence-corrected chi connectivity index (χ0v) is 16.4. The number of hydrogen-bond acceptors (Lipinski definition) is 4. The number of aliphatic carboxylic acids is 1. The Balaban J connectivity index is 2.19. The van der Waals surface area contributed by atoms with Crippen LogP contribution >= 0.6 is 11.6 Å². The van der Waals surface area contributed by atoms with E-state index in [0.29, 0.717) is 54.1 Å². The quantitative estimate of drug-likeness (QED) is 0.812. The number of carboxylic acid groups (broad SMARTS) is 1. The number of carbonyl (C=O) groups is 2. The van der Waals surface area contributed by atoms with Gasteiger partial charge < -0.3 is 19.5 Å². The van der Waals surface area contributed by atoms with E-state index in [9.17, 15) is 14.7 Å². The molecule has 1 aromatic rings. The lowest BCUT2D eigenvalue weighted by Crippen LogP contribution is -2.45. The molecular weight excluding hydrogens is 358 g/mol. The first-order chi connectivity index (χ1) is 12.2. The molecule has 2 unspecified atom stereocenters. The minimum atomic E-state index is -0.805. The van der Waals surface area contributed by atoms with Gasteiger partial charge in [-0.15, -0.1) is 0 Å². The number of benzene rings is 1. The minimum Gasteiger partial charge on any atom is -0.493 e. The zero-order valence-electron chi connectivity index (χ0n) is 15.6. The highest BCUT2D eigenvalue weighted by molar-refractivity contribution is 6.32. The summed E-state index contributed by atoms with van der Waals surface area (Å²) in [6.45, 7) is 7.21. The Bertz CT molecular complexity index is 676. The van der Waals surface area contributed by atoms with Crippen molar-refractivity contribution < 1.29 is 24.2 Å². The maximum absolute atomic E-state index is 12.8. The maximum Gasteiger partial charge on any atom is 0.306 e. The van der Waals surface area contributed by atoms with E-state index in [1.54, 1.807) is 17.0 Å². The number of nitrogens with zero attached hydrogens (tertiary/aromatic N) is 1. The van der Waals surface area contributed by atoms with Gasteiger partial charge in [0.15, 0.2) is 11.5 Å². The van der Waals surface area contributed by atoms with Crippen LogP contribution < -0.4 is 9.47 Å². The van der Waals surface area contributed by atoms with Crippen LogP contribution in [-0.4, -0.2) is 48.7 Å². The van der Waals surface area contributed by atoms with Crippen LogP contribution in [0.5, 0.6) is 11.5 Å². The summed E-state index contributed by atoms with van der Waals surface area (Å²) in [6, 6.07) is 3.20. The number of halogens is 1. The first-order valence-electron chi connectivity index (χ1n) is 8.77. The van der Waals surface area contributed by atoms with Crippen molar-refractivity contribution in [1.82, 2.24) is 4.90 Å². The summed E-state index contributed by atoms with van der Waals surface area (Å²) in [6.07, 6.45) is 0.447. The van der Waals surface area contributed by atoms with E-state index in [4.69, 9.17) is 21.1 Å². The fourth-order valence-corrected chi connectivity index (χ4v) is 3.38. The van der Waals surface area contributed by atoms with Gasteiger partial charge in [0.25, 0.3) is 5.91 Å². The van der Waals surface area contributed by atoms with E-state index >= 15 is 0 Å². The summed E-state index contributed by atoms with van der Waals surface area (Å²) in [7, 11) is 1.50. The molecule has 0 radical (unpaired) electrons. The Morgan fingerprint density at radius 2 is 2.08 bits per heavy atom. The van der Waals surface area contributed by atoms with E-state index in [1.807, 2.05) is 20.8 Å². The third kappa shape index (κ3) is 4.61. The van der Waals surface area contributed by atoms with Crippen LogP contribution in [0.3, 0.4) is 0 Å². The van der Waals surface area contributed by atoms with Gasteiger partial charge in [-0.1, -0.05) is 32.4 Å². The first-order valence-corrected chi connectivity index (χ1v) is 9.14. The van der Waals surface area contributed by atoms with Crippen molar-refractivity contribution in [2.75, 3.05) is 26.8 Å². The molecule has 1 heterocycles. The number of hydrogen-bond donors (Lipinski definition) is 1. The van der Waals surface area contributed by atoms with Gasteiger partial charge in [-0.3, -0.25) is 9.59 Å². The van der Waals surface area contributed by atoms with Gasteiger partial charge in [0.05, 0.1) is 24.7 Å². The lowest BCUT2D eigenvalue weighted by molar-refractivity contribution is -0.145. The first kappa shape index (κ1) is 20.4. The maximum atomic E-state index is 12.8. The molecule has 0 bridgehead atoms. The number of rotatable bonds is 6. The average molecular weight is 384 g/mol. The molecular formula is C19H26ClNO5. The zero-order chi connectivity index (χ0) is 19.4. The van der Waals surface area contributed by atoms with Crippen molar-refractivity contribution in [2.24, 2.45) is 17.8 Å². The van der Waals surface area contributed by atoms with E-state index in [0.717, 1.165) is 0 Å². The van der Waals surface area contributed by atoms with Crippen LogP contribution in [0.4, 0.5) is 0 Å². The largest absolute Gasteiger partial charge is 0.493 e. The minimum absolute atomic E-state index is 0.101. The molecule has 2 atom stereocenters. The number of piperidine rings is 1. The monoisotopic (exact) mass is 383 g/mol. The molecule has 6 nitrogen and oxygen atoms in total. The Kier molecular flexibility index (Phi) is 6.75. The smallest absolute Gasteiger partial charge is 0.306 e. The second kappa shape index (κ2) is 8.62. The van der Waals surface area contributed by atoms with Crippen LogP contribution in [0.15, 0.2) is 12.1 Å². The Morgan fingerprint density at radius 1 is 1.38 bits per heavy atom. The molecule has 0 aromatic heterocycles. The fraction of sp³-hybridized carbons (Fsp3) is 0.579. The number of carboxylic acids is 1. The summed E-state index contributed by atoms with van der Waals surface area (Å²) < 4.78 is 11.1. The third-order valence-electron chi connectivity index (χ3n) is 4.55. The standard InChI is InChI=1S/C19H26ClNO5/c1-11(2)10-26-17-15(20)7-13(8-16(17)25-4)18(22)21-6-5-14(19(23)24)12(3)9-21/h7-8,11-12,14H,5-6,9-10H2,1-4H3,(H,23,24). The van der Waals surface area contributed by atoms with Crippen molar-refractivity contribution >= 4 is 23.5 Å². The third-order valence-corrected chi connectivity index (χ3v) is 4.83. The number of carbonyl (C=O) groups excluding carboxylic acids is 1. The van der Waals surface area contributed by atoms with Gasteiger partial charge in [-0.05, 0) is 30.4 Å². The molecule has 1 fully saturated rings. The normalized spacial score (nSPS) is 20.2. The molecule has 0 saturated carbocycles. The van der Waals surface area contributed by atoms with E-state index in [-0.39, 0.29) is 11.8 Å². The summed E-state index contributed by atoms with van der Waals surface area (Å²) in [5, 5.41) is 9.55. The summed E-state index contributed by atoms with van der Waals surface area (Å²) in [4.78, 5) is 25.7. The molecule has 0 spiro atoms. The molecule has 144 valence electrons. The molecule has 1 N–H and O–H groups in total. The number of methoxy groups -OCH3 is 1. The van der Waals surface area contributed by atoms with E-state index in [2.05, 4.69) is 0 Å². The molecule has 1 aliphatic rings. The number of amides is 1.